The summed E-state index contributed by atoms with van der Waals surface area (Å²) < 4.78 is 0. The molecule has 0 aliphatic carbocycles. The summed E-state index contributed by atoms with van der Waals surface area (Å²) in [5, 5.41) is 2.29. The molecular formula is C68H56N4. The third kappa shape index (κ3) is 8.88. The molecule has 0 bridgehead atoms. The van der Waals surface area contributed by atoms with Gasteiger partial charge in [0.15, 0.2) is 11.6 Å². The van der Waals surface area contributed by atoms with Gasteiger partial charge in [-0.1, -0.05) is 205 Å². The lowest BCUT2D eigenvalue weighted by atomic mass is 9.77. The van der Waals surface area contributed by atoms with Crippen LogP contribution in [-0.2, 0) is 0 Å². The van der Waals surface area contributed by atoms with Crippen LogP contribution in [0, 0.1) is 41.5 Å². The topological polar surface area (TPSA) is 41.9 Å². The molecule has 1 aromatic heterocycles. The van der Waals surface area contributed by atoms with Crippen molar-refractivity contribution in [2.45, 2.75) is 47.5 Å². The van der Waals surface area contributed by atoms with Gasteiger partial charge in [0, 0.05) is 34.0 Å². The van der Waals surface area contributed by atoms with E-state index in [0.29, 0.717) is 17.6 Å². The summed E-state index contributed by atoms with van der Waals surface area (Å²) >= 11 is 0. The van der Waals surface area contributed by atoms with Crippen molar-refractivity contribution in [3.8, 4) is 56.2 Å². The lowest BCUT2D eigenvalue weighted by Crippen LogP contribution is -2.16. The fourth-order valence-electron chi connectivity index (χ4n) is 11.0. The molecule has 348 valence electrons. The minimum Gasteiger partial charge on any atom is -0.279 e. The van der Waals surface area contributed by atoms with Gasteiger partial charge in [0.2, 0.25) is 5.95 Å². The molecule has 0 unspecified atom stereocenters. The van der Waals surface area contributed by atoms with Crippen LogP contribution >= 0.6 is 0 Å². The Morgan fingerprint density at radius 1 is 0.347 bits per heavy atom. The van der Waals surface area contributed by atoms with Gasteiger partial charge in [0.25, 0.3) is 0 Å². The third-order valence-corrected chi connectivity index (χ3v) is 14.1. The van der Waals surface area contributed by atoms with Crippen molar-refractivity contribution in [3.63, 3.8) is 0 Å². The van der Waals surface area contributed by atoms with Crippen LogP contribution in [0.4, 0.5) is 17.3 Å². The van der Waals surface area contributed by atoms with Gasteiger partial charge in [-0.2, -0.15) is 9.97 Å². The smallest absolute Gasteiger partial charge is 0.238 e. The van der Waals surface area contributed by atoms with Gasteiger partial charge in [0.1, 0.15) is 0 Å². The molecule has 4 nitrogen and oxygen atoms in total. The third-order valence-electron chi connectivity index (χ3n) is 14.1. The van der Waals surface area contributed by atoms with Crippen molar-refractivity contribution in [2.75, 3.05) is 4.90 Å². The lowest BCUT2D eigenvalue weighted by molar-refractivity contribution is 0.919. The van der Waals surface area contributed by atoms with Crippen molar-refractivity contribution in [2.24, 2.45) is 0 Å². The summed E-state index contributed by atoms with van der Waals surface area (Å²) in [6.07, 6.45) is 0. The van der Waals surface area contributed by atoms with Crippen LogP contribution in [0.5, 0.6) is 0 Å². The van der Waals surface area contributed by atoms with Crippen molar-refractivity contribution in [1.29, 1.82) is 0 Å². The van der Waals surface area contributed by atoms with Gasteiger partial charge >= 0.3 is 0 Å². The van der Waals surface area contributed by atoms with Gasteiger partial charge < -0.3 is 0 Å². The van der Waals surface area contributed by atoms with Crippen LogP contribution < -0.4 is 4.90 Å². The van der Waals surface area contributed by atoms with Gasteiger partial charge in [-0.25, -0.2) is 4.98 Å². The first-order valence-electron chi connectivity index (χ1n) is 24.9. The van der Waals surface area contributed by atoms with Crippen molar-refractivity contribution < 1.29 is 0 Å². The van der Waals surface area contributed by atoms with E-state index in [1.807, 2.05) is 18.2 Å². The molecule has 0 aliphatic rings. The molecule has 0 spiro atoms. The second kappa shape index (κ2) is 19.6. The number of hydrogen-bond acceptors (Lipinski definition) is 4. The molecule has 0 aliphatic heterocycles. The maximum Gasteiger partial charge on any atom is 0.238 e. The predicted molar refractivity (Wildman–Crippen MR) is 301 cm³/mol. The number of aryl methyl sites for hydroxylation is 6. The van der Waals surface area contributed by atoms with E-state index in [-0.39, 0.29) is 5.92 Å². The SMILES string of the molecule is Cc1cc(C)c(C(c2ccc(N(c3ccc(-c4ccccc4-c4ccccc4)cc3)c3nc(-c4ccccc4)nc(-c4ccc5ccccc5c4-c4ccccc4)n3)cc2)c2c(C)cc(C)cc2C)c(C)c1. The van der Waals surface area contributed by atoms with Crippen LogP contribution in [0.1, 0.15) is 56.0 Å². The Balaban J connectivity index is 1.13. The van der Waals surface area contributed by atoms with Crippen molar-refractivity contribution in [3.05, 3.63) is 275 Å². The molecule has 72 heavy (non-hydrogen) atoms. The number of aromatic nitrogens is 3. The molecule has 11 rings (SSSR count). The maximum atomic E-state index is 5.53. The van der Waals surface area contributed by atoms with Gasteiger partial charge in [0.05, 0.1) is 0 Å². The molecule has 11 aromatic rings. The fourth-order valence-corrected chi connectivity index (χ4v) is 11.0. The highest BCUT2D eigenvalue weighted by Crippen LogP contribution is 2.44. The maximum absolute atomic E-state index is 5.53. The van der Waals surface area contributed by atoms with Gasteiger partial charge in [-0.05, 0) is 149 Å². The minimum absolute atomic E-state index is 0.0236. The summed E-state index contributed by atoms with van der Waals surface area (Å²) in [7, 11) is 0. The van der Waals surface area contributed by atoms with E-state index in [1.165, 1.54) is 66.8 Å². The highest BCUT2D eigenvalue weighted by atomic mass is 15.3. The van der Waals surface area contributed by atoms with Crippen molar-refractivity contribution in [1.82, 2.24) is 15.0 Å². The summed E-state index contributed by atoms with van der Waals surface area (Å²) in [5.41, 5.74) is 22.2. The Hall–Kier alpha value is -8.73. The van der Waals surface area contributed by atoms with Crippen LogP contribution in [-0.4, -0.2) is 15.0 Å². The fraction of sp³-hybridized carbons (Fsp3) is 0.103. The molecule has 0 amide bonds. The van der Waals surface area contributed by atoms with Crippen molar-refractivity contribution >= 4 is 28.1 Å². The molecule has 0 fully saturated rings. The number of rotatable bonds is 11. The van der Waals surface area contributed by atoms with Gasteiger partial charge in [-0.15, -0.1) is 0 Å². The molecule has 0 saturated heterocycles. The highest BCUT2D eigenvalue weighted by Gasteiger charge is 2.27. The molecule has 0 radical (unpaired) electrons. The van der Waals surface area contributed by atoms with E-state index >= 15 is 0 Å². The first kappa shape index (κ1) is 45.7. The zero-order chi connectivity index (χ0) is 49.3. The standard InChI is InChI=1S/C68H56N4/c1-44-40-46(3)62(47(4)41-44)65(63-48(5)42-45(2)43-49(63)6)54-32-37-57(38-33-54)72(56-35-30-52(31-36-56)59-28-19-18-27-58(59)50-20-10-7-11-21-50)68-70-66(55-25-14-9-15-26-55)69-67(71-68)61-39-34-51-22-16-17-29-60(51)64(61)53-23-12-8-13-24-53/h7-43,65H,1-6H3. The number of fused-ring (bicyclic) bond motifs is 1. The highest BCUT2D eigenvalue weighted by molar-refractivity contribution is 6.03. The van der Waals surface area contributed by atoms with Crippen LogP contribution in [0.2, 0.25) is 0 Å². The second-order valence-electron chi connectivity index (χ2n) is 19.2. The van der Waals surface area contributed by atoms with E-state index in [4.69, 9.17) is 15.0 Å². The summed E-state index contributed by atoms with van der Waals surface area (Å²) in [4.78, 5) is 18.5. The molecule has 1 heterocycles. The molecular weight excluding hydrogens is 873 g/mol. The Bertz CT molecular complexity index is 3630. The second-order valence-corrected chi connectivity index (χ2v) is 19.2. The number of nitrogens with zero attached hydrogens (tertiary/aromatic N) is 4. The molecule has 0 N–H and O–H groups in total. The normalized spacial score (nSPS) is 11.3. The van der Waals surface area contributed by atoms with Crippen LogP contribution in [0.3, 0.4) is 0 Å². The first-order chi connectivity index (χ1) is 35.2. The predicted octanol–water partition coefficient (Wildman–Crippen LogP) is 17.9. The molecule has 0 saturated carbocycles. The summed E-state index contributed by atoms with van der Waals surface area (Å²) in [5.74, 6) is 1.72. The van der Waals surface area contributed by atoms with E-state index < -0.39 is 0 Å². The average molecular weight is 929 g/mol. The van der Waals surface area contributed by atoms with E-state index in [2.05, 4.69) is 253 Å². The molecule has 4 heteroatoms. The van der Waals surface area contributed by atoms with Crippen LogP contribution in [0.25, 0.3) is 66.9 Å². The Morgan fingerprint density at radius 3 is 1.35 bits per heavy atom. The average Bonchev–Trinajstić information content (AvgIpc) is 3.41. The molecule has 10 aromatic carbocycles. The monoisotopic (exact) mass is 928 g/mol. The quantitative estimate of drug-likeness (QED) is 0.121. The van der Waals surface area contributed by atoms with E-state index in [1.54, 1.807) is 0 Å². The summed E-state index contributed by atoms with van der Waals surface area (Å²) in [6.45, 7) is 13.4. The van der Waals surface area contributed by atoms with Gasteiger partial charge in [-0.3, -0.25) is 4.90 Å². The first-order valence-corrected chi connectivity index (χ1v) is 24.9. The van der Waals surface area contributed by atoms with E-state index in [0.717, 1.165) is 50.0 Å². The Kier molecular flexibility index (Phi) is 12.4. The number of hydrogen-bond donors (Lipinski definition) is 0. The van der Waals surface area contributed by atoms with Crippen LogP contribution in [0.15, 0.2) is 224 Å². The zero-order valence-corrected chi connectivity index (χ0v) is 41.7. The van der Waals surface area contributed by atoms with E-state index in [9.17, 15) is 0 Å². The number of benzene rings is 10. The minimum atomic E-state index is 0.0236. The number of anilines is 3. The summed E-state index contributed by atoms with van der Waals surface area (Å²) in [6, 6.07) is 80.2. The zero-order valence-electron chi connectivity index (χ0n) is 41.7. The largest absolute Gasteiger partial charge is 0.279 e. The molecule has 0 atom stereocenters. The Morgan fingerprint density at radius 2 is 0.792 bits per heavy atom. The lowest BCUT2D eigenvalue weighted by Gasteiger charge is -2.28. The Labute approximate surface area is 424 Å².